The SMILES string of the molecule is COCCCn1c(C)cc(C(=O)COC(=O)C2(c3ccccc3)CCN(C(C)=O)CC2)c1C. The molecular weight excluding hydrogens is 420 g/mol. The van der Waals surface area contributed by atoms with Gasteiger partial charge in [0.2, 0.25) is 11.7 Å². The average Bonchev–Trinajstić information content (AvgIpc) is 3.11. The van der Waals surface area contributed by atoms with Gasteiger partial charge < -0.3 is 18.9 Å². The van der Waals surface area contributed by atoms with E-state index >= 15 is 0 Å². The molecule has 7 heteroatoms. The Morgan fingerprint density at radius 3 is 2.33 bits per heavy atom. The maximum Gasteiger partial charge on any atom is 0.317 e. The second kappa shape index (κ2) is 10.8. The second-order valence-electron chi connectivity index (χ2n) is 8.74. The lowest BCUT2D eigenvalue weighted by atomic mass is 9.72. The number of Topliss-reactive ketones (excluding diaryl/α,β-unsaturated/α-hetero) is 1. The van der Waals surface area contributed by atoms with Crippen molar-refractivity contribution in [1.29, 1.82) is 0 Å². The molecule has 7 nitrogen and oxygen atoms in total. The van der Waals surface area contributed by atoms with E-state index < -0.39 is 11.4 Å². The van der Waals surface area contributed by atoms with Crippen molar-refractivity contribution >= 4 is 17.7 Å². The molecule has 1 amide bonds. The highest BCUT2D eigenvalue weighted by Gasteiger charge is 2.45. The molecule has 33 heavy (non-hydrogen) atoms. The smallest absolute Gasteiger partial charge is 0.317 e. The summed E-state index contributed by atoms with van der Waals surface area (Å²) in [7, 11) is 1.67. The van der Waals surface area contributed by atoms with Crippen LogP contribution in [0.15, 0.2) is 36.4 Å². The Morgan fingerprint density at radius 1 is 1.06 bits per heavy atom. The number of rotatable bonds is 9. The summed E-state index contributed by atoms with van der Waals surface area (Å²) in [4.78, 5) is 39.9. The van der Waals surface area contributed by atoms with Crippen LogP contribution < -0.4 is 0 Å². The van der Waals surface area contributed by atoms with Crippen molar-refractivity contribution in [2.75, 3.05) is 33.4 Å². The van der Waals surface area contributed by atoms with E-state index in [0.29, 0.717) is 38.1 Å². The fraction of sp³-hybridized carbons (Fsp3) is 0.500. The van der Waals surface area contributed by atoms with E-state index in [1.807, 2.05) is 50.2 Å². The van der Waals surface area contributed by atoms with Crippen LogP contribution in [0.5, 0.6) is 0 Å². The van der Waals surface area contributed by atoms with Gasteiger partial charge in [0, 0.05) is 57.2 Å². The first-order valence-corrected chi connectivity index (χ1v) is 11.5. The van der Waals surface area contributed by atoms with Crippen LogP contribution in [0.2, 0.25) is 0 Å². The molecule has 0 N–H and O–H groups in total. The predicted molar refractivity (Wildman–Crippen MR) is 125 cm³/mol. The molecule has 1 saturated heterocycles. The molecule has 2 aromatic rings. The van der Waals surface area contributed by atoms with Gasteiger partial charge in [0.05, 0.1) is 5.41 Å². The molecule has 0 saturated carbocycles. The first-order chi connectivity index (χ1) is 15.8. The Bertz CT molecular complexity index is 988. The number of carbonyl (C=O) groups is 3. The minimum absolute atomic E-state index is 0.000984. The molecule has 2 heterocycles. The largest absolute Gasteiger partial charge is 0.457 e. The number of amides is 1. The number of ketones is 1. The van der Waals surface area contributed by atoms with Crippen LogP contribution in [0.4, 0.5) is 0 Å². The molecule has 178 valence electrons. The van der Waals surface area contributed by atoms with Crippen molar-refractivity contribution < 1.29 is 23.9 Å². The van der Waals surface area contributed by atoms with Crippen molar-refractivity contribution in [3.8, 4) is 0 Å². The van der Waals surface area contributed by atoms with Crippen LogP contribution >= 0.6 is 0 Å². The number of methoxy groups -OCH3 is 1. The van der Waals surface area contributed by atoms with E-state index in [0.717, 1.165) is 29.9 Å². The molecule has 0 spiro atoms. The van der Waals surface area contributed by atoms with Crippen LogP contribution in [0.1, 0.15) is 53.5 Å². The number of hydrogen-bond acceptors (Lipinski definition) is 5. The highest BCUT2D eigenvalue weighted by molar-refractivity contribution is 5.99. The van der Waals surface area contributed by atoms with Crippen molar-refractivity contribution in [2.45, 2.75) is 52.0 Å². The maximum atomic E-state index is 13.4. The molecular formula is C26H34N2O5. The van der Waals surface area contributed by atoms with Gasteiger partial charge in [-0.2, -0.15) is 0 Å². The summed E-state index contributed by atoms with van der Waals surface area (Å²) < 4.78 is 12.9. The van der Waals surface area contributed by atoms with Crippen LogP contribution in [0.25, 0.3) is 0 Å². The Hall–Kier alpha value is -2.93. The molecule has 0 bridgehead atoms. The molecule has 1 aromatic heterocycles. The van der Waals surface area contributed by atoms with E-state index in [9.17, 15) is 14.4 Å². The highest BCUT2D eigenvalue weighted by atomic mass is 16.5. The van der Waals surface area contributed by atoms with E-state index in [2.05, 4.69) is 4.57 Å². The predicted octanol–water partition coefficient (Wildman–Crippen LogP) is 3.45. The monoisotopic (exact) mass is 454 g/mol. The minimum Gasteiger partial charge on any atom is -0.457 e. The Kier molecular flexibility index (Phi) is 8.08. The van der Waals surface area contributed by atoms with Crippen molar-refractivity contribution in [2.24, 2.45) is 0 Å². The van der Waals surface area contributed by atoms with Gasteiger partial charge in [-0.15, -0.1) is 0 Å². The van der Waals surface area contributed by atoms with Crippen molar-refractivity contribution in [3.05, 3.63) is 58.9 Å². The molecule has 1 aromatic carbocycles. The van der Waals surface area contributed by atoms with Gasteiger partial charge in [-0.05, 0) is 44.7 Å². The Morgan fingerprint density at radius 2 is 1.73 bits per heavy atom. The number of likely N-dealkylation sites (tertiary alicyclic amines) is 1. The summed E-state index contributed by atoms with van der Waals surface area (Å²) >= 11 is 0. The second-order valence-corrected chi connectivity index (χ2v) is 8.74. The number of aromatic nitrogens is 1. The van der Waals surface area contributed by atoms with Crippen LogP contribution in [-0.2, 0) is 31.0 Å². The fourth-order valence-electron chi connectivity index (χ4n) is 4.71. The molecule has 0 unspecified atom stereocenters. The first kappa shape index (κ1) is 24.7. The van der Waals surface area contributed by atoms with Gasteiger partial charge in [-0.3, -0.25) is 14.4 Å². The number of ether oxygens (including phenoxy) is 2. The first-order valence-electron chi connectivity index (χ1n) is 11.5. The zero-order valence-electron chi connectivity index (χ0n) is 20.1. The lowest BCUT2D eigenvalue weighted by Gasteiger charge is -2.40. The average molecular weight is 455 g/mol. The molecule has 0 radical (unpaired) electrons. The van der Waals surface area contributed by atoms with Crippen molar-refractivity contribution in [3.63, 3.8) is 0 Å². The van der Waals surface area contributed by atoms with Crippen molar-refractivity contribution in [1.82, 2.24) is 9.47 Å². The van der Waals surface area contributed by atoms with Crippen LogP contribution in [0.3, 0.4) is 0 Å². The molecule has 0 aliphatic carbocycles. The normalized spacial score (nSPS) is 15.3. The standard InChI is InChI=1S/C26H34N2O5/c1-19-17-23(20(2)28(19)13-8-16-32-4)24(30)18-33-25(31)26(22-9-6-5-7-10-22)11-14-27(15-12-26)21(3)29/h5-7,9-10,17H,8,11-16,18H2,1-4H3. The van der Waals surface area contributed by atoms with Crippen LogP contribution in [0, 0.1) is 13.8 Å². The number of piperidine rings is 1. The van der Waals surface area contributed by atoms with E-state index in [1.165, 1.54) is 6.92 Å². The fourth-order valence-corrected chi connectivity index (χ4v) is 4.71. The lowest BCUT2D eigenvalue weighted by molar-refractivity contribution is -0.153. The quantitative estimate of drug-likeness (QED) is 0.330. The van der Waals surface area contributed by atoms with E-state index in [1.54, 1.807) is 12.0 Å². The summed E-state index contributed by atoms with van der Waals surface area (Å²) in [6.07, 6.45) is 1.79. The zero-order chi connectivity index (χ0) is 24.0. The number of benzene rings is 1. The summed E-state index contributed by atoms with van der Waals surface area (Å²) in [6, 6.07) is 11.4. The number of hydrogen-bond donors (Lipinski definition) is 0. The third kappa shape index (κ3) is 5.36. The van der Waals surface area contributed by atoms with Gasteiger partial charge in [0.15, 0.2) is 6.61 Å². The number of aryl methyl sites for hydroxylation is 1. The third-order valence-corrected chi connectivity index (χ3v) is 6.72. The molecule has 1 aliphatic rings. The van der Waals surface area contributed by atoms with Gasteiger partial charge in [-0.25, -0.2) is 0 Å². The molecule has 3 rings (SSSR count). The summed E-state index contributed by atoms with van der Waals surface area (Å²) in [5.74, 6) is -0.612. The van der Waals surface area contributed by atoms with Gasteiger partial charge >= 0.3 is 5.97 Å². The van der Waals surface area contributed by atoms with Crippen LogP contribution in [-0.4, -0.2) is 60.5 Å². The zero-order valence-corrected chi connectivity index (χ0v) is 20.1. The summed E-state index contributed by atoms with van der Waals surface area (Å²) in [6.45, 7) is 7.51. The summed E-state index contributed by atoms with van der Waals surface area (Å²) in [5, 5.41) is 0. The lowest BCUT2D eigenvalue weighted by Crippen LogP contribution is -2.49. The number of nitrogens with zero attached hydrogens (tertiary/aromatic N) is 2. The number of carbonyl (C=O) groups excluding carboxylic acids is 3. The van der Waals surface area contributed by atoms with E-state index in [-0.39, 0.29) is 18.3 Å². The summed E-state index contributed by atoms with van der Waals surface area (Å²) in [5.41, 5.74) is 2.46. The minimum atomic E-state index is -0.857. The Balaban J connectivity index is 1.73. The van der Waals surface area contributed by atoms with E-state index in [4.69, 9.17) is 9.47 Å². The third-order valence-electron chi connectivity index (χ3n) is 6.72. The van der Waals surface area contributed by atoms with Gasteiger partial charge in [0.1, 0.15) is 0 Å². The number of esters is 1. The highest BCUT2D eigenvalue weighted by Crippen LogP contribution is 2.37. The molecule has 0 atom stereocenters. The maximum absolute atomic E-state index is 13.4. The molecule has 1 fully saturated rings. The topological polar surface area (TPSA) is 77.8 Å². The van der Waals surface area contributed by atoms with Gasteiger partial charge in [0.25, 0.3) is 0 Å². The Labute approximate surface area is 195 Å². The van der Waals surface area contributed by atoms with Gasteiger partial charge in [-0.1, -0.05) is 30.3 Å². The molecule has 1 aliphatic heterocycles.